The van der Waals surface area contributed by atoms with Crippen LogP contribution >= 0.6 is 11.3 Å². The second kappa shape index (κ2) is 8.64. The van der Waals surface area contributed by atoms with Gasteiger partial charge in [0.2, 0.25) is 0 Å². The zero-order valence-electron chi connectivity index (χ0n) is 18.4. The van der Waals surface area contributed by atoms with E-state index in [2.05, 4.69) is 4.98 Å². The number of Topliss-reactive ketones (excluding diaryl/α,β-unsaturated/α-hetero) is 1. The van der Waals surface area contributed by atoms with E-state index in [1.165, 1.54) is 30.5 Å². The number of amides is 1. The van der Waals surface area contributed by atoms with Gasteiger partial charge in [-0.05, 0) is 29.8 Å². The third-order valence-corrected chi connectivity index (χ3v) is 6.74. The van der Waals surface area contributed by atoms with Gasteiger partial charge in [0.15, 0.2) is 16.6 Å². The van der Waals surface area contributed by atoms with Gasteiger partial charge in [0.25, 0.3) is 5.78 Å². The maximum absolute atomic E-state index is 13.3. The highest BCUT2D eigenvalue weighted by atomic mass is 32.1. The summed E-state index contributed by atoms with van der Waals surface area (Å²) < 4.78 is 11.7. The van der Waals surface area contributed by atoms with E-state index in [0.717, 1.165) is 10.2 Å². The third-order valence-electron chi connectivity index (χ3n) is 5.70. The van der Waals surface area contributed by atoms with E-state index >= 15 is 0 Å². The van der Waals surface area contributed by atoms with E-state index in [9.17, 15) is 14.7 Å². The number of methoxy groups -OCH3 is 2. The van der Waals surface area contributed by atoms with Gasteiger partial charge in [0.05, 0.1) is 36.1 Å². The lowest BCUT2D eigenvalue weighted by molar-refractivity contribution is -0.132. The van der Waals surface area contributed by atoms with Crippen LogP contribution in [-0.2, 0) is 9.59 Å². The van der Waals surface area contributed by atoms with Gasteiger partial charge in [-0.3, -0.25) is 14.5 Å². The number of thiazole rings is 1. The summed E-state index contributed by atoms with van der Waals surface area (Å²) in [7, 11) is 3.04. The number of benzene rings is 3. The number of ketones is 1. The molecule has 5 rings (SSSR count). The summed E-state index contributed by atoms with van der Waals surface area (Å²) in [5.74, 6) is -0.833. The minimum atomic E-state index is -0.902. The standard InChI is InChI=1S/C26H20N2O5S/c1-32-18-13-12-16(14-19(18)33-2)22-21(23(29)15-8-4-3-5-9-15)24(30)25(31)28(22)26-27-17-10-6-7-11-20(17)34-26/h3-14,22,29H,1-2H3. The van der Waals surface area contributed by atoms with Crippen LogP contribution in [0.5, 0.6) is 11.5 Å². The second-order valence-corrected chi connectivity index (χ2v) is 8.62. The van der Waals surface area contributed by atoms with Crippen molar-refractivity contribution in [1.29, 1.82) is 0 Å². The van der Waals surface area contributed by atoms with Crippen LogP contribution < -0.4 is 14.4 Å². The number of aromatic nitrogens is 1. The summed E-state index contributed by atoms with van der Waals surface area (Å²) >= 11 is 1.31. The molecule has 1 N–H and O–H groups in total. The average Bonchev–Trinajstić information content (AvgIpc) is 3.42. The van der Waals surface area contributed by atoms with Crippen LogP contribution in [0.3, 0.4) is 0 Å². The van der Waals surface area contributed by atoms with E-state index in [1.54, 1.807) is 42.5 Å². The first-order chi connectivity index (χ1) is 16.5. The minimum Gasteiger partial charge on any atom is -0.507 e. The molecule has 2 heterocycles. The van der Waals surface area contributed by atoms with Crippen molar-refractivity contribution in [3.05, 3.63) is 89.5 Å². The molecule has 0 aliphatic carbocycles. The number of anilines is 1. The Bertz CT molecular complexity index is 1410. The number of para-hydroxylation sites is 1. The molecule has 1 saturated heterocycles. The molecule has 1 atom stereocenters. The van der Waals surface area contributed by atoms with Crippen molar-refractivity contribution in [2.45, 2.75) is 6.04 Å². The summed E-state index contributed by atoms with van der Waals surface area (Å²) in [6, 6.07) is 20.4. The molecule has 0 saturated carbocycles. The summed E-state index contributed by atoms with van der Waals surface area (Å²) in [5.41, 5.74) is 1.73. The SMILES string of the molecule is COc1ccc(C2C(=C(O)c3ccccc3)C(=O)C(=O)N2c2nc3ccccc3s2)cc1OC. The Balaban J connectivity index is 1.75. The van der Waals surface area contributed by atoms with Gasteiger partial charge in [-0.15, -0.1) is 0 Å². The summed E-state index contributed by atoms with van der Waals surface area (Å²) in [6.45, 7) is 0. The first-order valence-corrected chi connectivity index (χ1v) is 11.3. The predicted octanol–water partition coefficient (Wildman–Crippen LogP) is 4.94. The molecule has 1 unspecified atom stereocenters. The van der Waals surface area contributed by atoms with Crippen molar-refractivity contribution in [2.75, 3.05) is 19.1 Å². The average molecular weight is 473 g/mol. The second-order valence-electron chi connectivity index (χ2n) is 7.61. The van der Waals surface area contributed by atoms with Crippen molar-refractivity contribution < 1.29 is 24.2 Å². The van der Waals surface area contributed by atoms with E-state index in [0.29, 0.717) is 27.8 Å². The number of hydrogen-bond donors (Lipinski definition) is 1. The summed E-state index contributed by atoms with van der Waals surface area (Å²) in [6.07, 6.45) is 0. The quantitative estimate of drug-likeness (QED) is 0.251. The molecule has 3 aromatic carbocycles. The van der Waals surface area contributed by atoms with Crippen molar-refractivity contribution in [3.8, 4) is 11.5 Å². The Kier molecular flexibility index (Phi) is 5.51. The summed E-state index contributed by atoms with van der Waals surface area (Å²) in [4.78, 5) is 32.6. The summed E-state index contributed by atoms with van der Waals surface area (Å²) in [5, 5.41) is 11.5. The first-order valence-electron chi connectivity index (χ1n) is 10.5. The number of ether oxygens (including phenoxy) is 2. The molecule has 0 radical (unpaired) electrons. The van der Waals surface area contributed by atoms with E-state index in [1.807, 2.05) is 30.3 Å². The van der Waals surface area contributed by atoms with E-state index in [4.69, 9.17) is 9.47 Å². The van der Waals surface area contributed by atoms with Crippen LogP contribution in [0.25, 0.3) is 16.0 Å². The fraction of sp³-hybridized carbons (Fsp3) is 0.115. The van der Waals surface area contributed by atoms with Crippen molar-refractivity contribution in [3.63, 3.8) is 0 Å². The minimum absolute atomic E-state index is 0.0114. The Hall–Kier alpha value is -4.17. The van der Waals surface area contributed by atoms with Crippen LogP contribution in [0.15, 0.2) is 78.4 Å². The molecular weight excluding hydrogens is 452 g/mol. The maximum atomic E-state index is 13.3. The molecule has 1 fully saturated rings. The number of aliphatic hydroxyl groups is 1. The van der Waals surface area contributed by atoms with Crippen LogP contribution in [0.2, 0.25) is 0 Å². The Morgan fingerprint density at radius 1 is 0.941 bits per heavy atom. The molecule has 8 heteroatoms. The molecule has 34 heavy (non-hydrogen) atoms. The topological polar surface area (TPSA) is 89.0 Å². The van der Waals surface area contributed by atoms with E-state index < -0.39 is 17.7 Å². The van der Waals surface area contributed by atoms with Crippen LogP contribution in [-0.4, -0.2) is 36.0 Å². The number of rotatable bonds is 5. The molecule has 1 aliphatic heterocycles. The zero-order chi connectivity index (χ0) is 23.8. The molecule has 4 aromatic rings. The lowest BCUT2D eigenvalue weighted by Gasteiger charge is -2.23. The number of hydrogen-bond acceptors (Lipinski definition) is 7. The molecule has 0 spiro atoms. The predicted molar refractivity (Wildman–Crippen MR) is 130 cm³/mol. The molecule has 170 valence electrons. The lowest BCUT2D eigenvalue weighted by atomic mass is 9.95. The number of carbonyl (C=O) groups is 2. The zero-order valence-corrected chi connectivity index (χ0v) is 19.2. The van der Waals surface area contributed by atoms with Crippen LogP contribution in [0.1, 0.15) is 17.2 Å². The highest BCUT2D eigenvalue weighted by Crippen LogP contribution is 2.45. The van der Waals surface area contributed by atoms with Gasteiger partial charge >= 0.3 is 5.91 Å². The number of nitrogens with zero attached hydrogens (tertiary/aromatic N) is 2. The van der Waals surface area contributed by atoms with Gasteiger partial charge in [0, 0.05) is 5.56 Å². The van der Waals surface area contributed by atoms with Crippen LogP contribution in [0.4, 0.5) is 5.13 Å². The molecule has 7 nitrogen and oxygen atoms in total. The van der Waals surface area contributed by atoms with Crippen molar-refractivity contribution in [2.24, 2.45) is 0 Å². The molecule has 1 amide bonds. The van der Waals surface area contributed by atoms with Gasteiger partial charge in [0.1, 0.15) is 5.76 Å². The Morgan fingerprint density at radius 2 is 1.65 bits per heavy atom. The largest absolute Gasteiger partial charge is 0.507 e. The number of aliphatic hydroxyl groups excluding tert-OH is 1. The van der Waals surface area contributed by atoms with Crippen molar-refractivity contribution in [1.82, 2.24) is 4.98 Å². The highest BCUT2D eigenvalue weighted by molar-refractivity contribution is 7.22. The van der Waals surface area contributed by atoms with Gasteiger partial charge in [-0.25, -0.2) is 4.98 Å². The Morgan fingerprint density at radius 3 is 2.35 bits per heavy atom. The Labute approximate surface area is 199 Å². The fourth-order valence-corrected chi connectivity index (χ4v) is 5.07. The lowest BCUT2D eigenvalue weighted by Crippen LogP contribution is -2.29. The van der Waals surface area contributed by atoms with Crippen LogP contribution in [0, 0.1) is 0 Å². The molecule has 1 aliphatic rings. The fourth-order valence-electron chi connectivity index (χ4n) is 4.08. The van der Waals surface area contributed by atoms with E-state index in [-0.39, 0.29) is 11.3 Å². The normalized spacial score (nSPS) is 17.4. The third kappa shape index (κ3) is 3.48. The van der Waals surface area contributed by atoms with Gasteiger partial charge in [-0.1, -0.05) is 59.9 Å². The number of fused-ring (bicyclic) bond motifs is 1. The molecule has 0 bridgehead atoms. The molecular formula is C26H20N2O5S. The smallest absolute Gasteiger partial charge is 0.301 e. The first kappa shape index (κ1) is 21.7. The van der Waals surface area contributed by atoms with Gasteiger partial charge < -0.3 is 14.6 Å². The number of carbonyl (C=O) groups excluding carboxylic acids is 2. The molecule has 1 aromatic heterocycles. The monoisotopic (exact) mass is 472 g/mol. The van der Waals surface area contributed by atoms with Gasteiger partial charge in [-0.2, -0.15) is 0 Å². The highest BCUT2D eigenvalue weighted by Gasteiger charge is 2.48. The maximum Gasteiger partial charge on any atom is 0.301 e. The van der Waals surface area contributed by atoms with Crippen molar-refractivity contribution >= 4 is 44.1 Å².